The molecular formula is C40H75O8P. The number of unbranched alkanes of at least 4 members (excludes halogenated alkanes) is 23. The molecule has 9 heteroatoms. The lowest BCUT2D eigenvalue weighted by atomic mass is 10.0. The molecule has 0 aliphatic heterocycles. The molecule has 0 spiro atoms. The van der Waals surface area contributed by atoms with E-state index in [0.29, 0.717) is 6.42 Å². The van der Waals surface area contributed by atoms with Crippen LogP contribution in [0.25, 0.3) is 0 Å². The van der Waals surface area contributed by atoms with E-state index in [-0.39, 0.29) is 19.4 Å². The van der Waals surface area contributed by atoms with E-state index in [1.165, 1.54) is 109 Å². The summed E-state index contributed by atoms with van der Waals surface area (Å²) in [6, 6.07) is 0. The Balaban J connectivity index is 3.93. The summed E-state index contributed by atoms with van der Waals surface area (Å²) >= 11 is 0. The normalized spacial score (nSPS) is 12.7. The molecule has 2 N–H and O–H groups in total. The smallest absolute Gasteiger partial charge is 0.462 e. The molecule has 0 saturated carbocycles. The van der Waals surface area contributed by atoms with Gasteiger partial charge in [-0.25, -0.2) is 4.57 Å². The van der Waals surface area contributed by atoms with Crippen LogP contribution in [0, 0.1) is 0 Å². The van der Waals surface area contributed by atoms with Crippen molar-refractivity contribution in [3.8, 4) is 0 Å². The van der Waals surface area contributed by atoms with Crippen molar-refractivity contribution in [2.24, 2.45) is 0 Å². The minimum Gasteiger partial charge on any atom is -0.462 e. The van der Waals surface area contributed by atoms with Gasteiger partial charge in [0, 0.05) is 12.8 Å². The van der Waals surface area contributed by atoms with E-state index in [4.69, 9.17) is 19.3 Å². The molecule has 1 atom stereocenters. The molecule has 8 nitrogen and oxygen atoms in total. The zero-order valence-corrected chi connectivity index (χ0v) is 32.5. The summed E-state index contributed by atoms with van der Waals surface area (Å²) in [7, 11) is -4.75. The topological polar surface area (TPSA) is 119 Å². The number of hydrogen-bond donors (Lipinski definition) is 2. The third-order valence-corrected chi connectivity index (χ3v) is 9.21. The Bertz CT molecular complexity index is 853. The summed E-state index contributed by atoms with van der Waals surface area (Å²) in [5.41, 5.74) is 0. The third-order valence-electron chi connectivity index (χ3n) is 8.72. The van der Waals surface area contributed by atoms with Crippen LogP contribution in [0.1, 0.15) is 200 Å². The van der Waals surface area contributed by atoms with Crippen LogP contribution < -0.4 is 0 Å². The standard InChI is InChI=1S/C40H75O8P/c1-3-5-7-9-11-13-15-17-19-21-22-24-26-28-30-32-34-39(41)46-36-38(37-47-49(43,44)45)48-40(42)35-33-31-29-27-25-23-20-18-16-14-12-10-8-6-4-2/h12,14,18,20,38H,3-11,13,15-17,19,21-37H2,1-2H3,(H2,43,44,45)/b14-12-,20-18-/t38-/m1/s1. The summed E-state index contributed by atoms with van der Waals surface area (Å²) in [5.74, 6) is -0.893. The zero-order valence-electron chi connectivity index (χ0n) is 31.6. The number of phosphoric acid groups is 1. The number of rotatable bonds is 37. The SMILES string of the molecule is CCCCC/C=C\C/C=C\CCCCCCCC(=O)O[C@H](COC(=O)CCCCCCCCCCCCCCCCCC)COP(=O)(O)O. The number of allylic oxidation sites excluding steroid dienone is 4. The molecular weight excluding hydrogens is 639 g/mol. The van der Waals surface area contributed by atoms with E-state index in [9.17, 15) is 14.2 Å². The lowest BCUT2D eigenvalue weighted by Gasteiger charge is -2.18. The highest BCUT2D eigenvalue weighted by atomic mass is 31.2. The molecule has 0 rings (SSSR count). The van der Waals surface area contributed by atoms with Crippen molar-refractivity contribution in [2.45, 2.75) is 206 Å². The van der Waals surface area contributed by atoms with Crippen LogP contribution >= 0.6 is 7.82 Å². The maximum Gasteiger partial charge on any atom is 0.469 e. The van der Waals surface area contributed by atoms with Gasteiger partial charge in [0.1, 0.15) is 6.61 Å². The molecule has 49 heavy (non-hydrogen) atoms. The first-order chi connectivity index (χ1) is 23.8. The van der Waals surface area contributed by atoms with Gasteiger partial charge in [-0.3, -0.25) is 14.1 Å². The molecule has 0 bridgehead atoms. The second-order valence-electron chi connectivity index (χ2n) is 13.6. The van der Waals surface area contributed by atoms with Crippen molar-refractivity contribution < 1.29 is 37.9 Å². The van der Waals surface area contributed by atoms with Gasteiger partial charge < -0.3 is 19.3 Å². The molecule has 0 aromatic heterocycles. The van der Waals surface area contributed by atoms with Gasteiger partial charge >= 0.3 is 19.8 Å². The fourth-order valence-electron chi connectivity index (χ4n) is 5.70. The minimum absolute atomic E-state index is 0.198. The van der Waals surface area contributed by atoms with Crippen molar-refractivity contribution in [2.75, 3.05) is 13.2 Å². The van der Waals surface area contributed by atoms with E-state index < -0.39 is 32.5 Å². The Labute approximate surface area is 300 Å². The van der Waals surface area contributed by atoms with Crippen LogP contribution in [0.3, 0.4) is 0 Å². The van der Waals surface area contributed by atoms with Crippen LogP contribution in [0.2, 0.25) is 0 Å². The van der Waals surface area contributed by atoms with Crippen molar-refractivity contribution in [1.82, 2.24) is 0 Å². The Kier molecular flexibility index (Phi) is 35.2. The monoisotopic (exact) mass is 715 g/mol. The van der Waals surface area contributed by atoms with Crippen LogP contribution in [0.5, 0.6) is 0 Å². The molecule has 0 aliphatic rings. The summed E-state index contributed by atoms with van der Waals surface area (Å²) in [5, 5.41) is 0. The van der Waals surface area contributed by atoms with Gasteiger partial charge in [0.25, 0.3) is 0 Å². The summed E-state index contributed by atoms with van der Waals surface area (Å²) in [6.07, 6.45) is 40.4. The van der Waals surface area contributed by atoms with Crippen LogP contribution in [0.4, 0.5) is 0 Å². The minimum atomic E-state index is -4.75. The lowest BCUT2D eigenvalue weighted by molar-refractivity contribution is -0.161. The highest BCUT2D eigenvalue weighted by Crippen LogP contribution is 2.36. The molecule has 0 fully saturated rings. The fourth-order valence-corrected chi connectivity index (χ4v) is 6.06. The second kappa shape index (κ2) is 36.3. The van der Waals surface area contributed by atoms with Crippen LogP contribution in [0.15, 0.2) is 24.3 Å². The zero-order chi connectivity index (χ0) is 36.1. The van der Waals surface area contributed by atoms with E-state index in [1.807, 2.05) is 0 Å². The molecule has 0 saturated heterocycles. The second-order valence-corrected chi connectivity index (χ2v) is 14.9. The van der Waals surface area contributed by atoms with Crippen molar-refractivity contribution in [3.05, 3.63) is 24.3 Å². The summed E-state index contributed by atoms with van der Waals surface area (Å²) in [4.78, 5) is 42.8. The molecule has 0 aromatic carbocycles. The van der Waals surface area contributed by atoms with Gasteiger partial charge in [-0.2, -0.15) is 0 Å². The van der Waals surface area contributed by atoms with Crippen LogP contribution in [-0.4, -0.2) is 41.0 Å². The number of carbonyl (C=O) groups is 2. The maximum absolute atomic E-state index is 12.4. The summed E-state index contributed by atoms with van der Waals surface area (Å²) < 4.78 is 26.3. The van der Waals surface area contributed by atoms with E-state index in [1.54, 1.807) is 0 Å². The average molecular weight is 715 g/mol. The molecule has 0 radical (unpaired) electrons. The fraction of sp³-hybridized carbons (Fsp3) is 0.850. The van der Waals surface area contributed by atoms with Crippen molar-refractivity contribution >= 4 is 19.8 Å². The van der Waals surface area contributed by atoms with Gasteiger partial charge in [-0.1, -0.05) is 167 Å². The highest BCUT2D eigenvalue weighted by molar-refractivity contribution is 7.46. The molecule has 0 amide bonds. The molecule has 0 aromatic rings. The number of carbonyl (C=O) groups excluding carboxylic acids is 2. The Morgan fingerprint density at radius 3 is 1.39 bits per heavy atom. The predicted molar refractivity (Wildman–Crippen MR) is 202 cm³/mol. The molecule has 0 unspecified atom stereocenters. The van der Waals surface area contributed by atoms with Crippen molar-refractivity contribution in [3.63, 3.8) is 0 Å². The Morgan fingerprint density at radius 1 is 0.531 bits per heavy atom. The van der Waals surface area contributed by atoms with E-state index in [0.717, 1.165) is 57.8 Å². The quantitative estimate of drug-likeness (QED) is 0.0282. The van der Waals surface area contributed by atoms with Gasteiger partial charge in [0.15, 0.2) is 6.10 Å². The Morgan fingerprint density at radius 2 is 0.918 bits per heavy atom. The first-order valence-electron chi connectivity index (χ1n) is 20.1. The third kappa shape index (κ3) is 39.2. The van der Waals surface area contributed by atoms with Crippen molar-refractivity contribution in [1.29, 1.82) is 0 Å². The maximum atomic E-state index is 12.4. The highest BCUT2D eigenvalue weighted by Gasteiger charge is 2.22. The average Bonchev–Trinajstić information content (AvgIpc) is 3.07. The predicted octanol–water partition coefficient (Wildman–Crippen LogP) is 12.0. The number of esters is 2. The largest absolute Gasteiger partial charge is 0.469 e. The molecule has 0 aliphatic carbocycles. The van der Waals surface area contributed by atoms with Gasteiger partial charge in [-0.05, 0) is 44.9 Å². The number of ether oxygens (including phenoxy) is 2. The Hall–Kier alpha value is -1.47. The first kappa shape index (κ1) is 47.5. The first-order valence-corrected chi connectivity index (χ1v) is 21.7. The van der Waals surface area contributed by atoms with Gasteiger partial charge in [-0.15, -0.1) is 0 Å². The number of phosphoric ester groups is 1. The summed E-state index contributed by atoms with van der Waals surface area (Å²) in [6.45, 7) is 3.66. The molecule has 0 heterocycles. The van der Waals surface area contributed by atoms with Gasteiger partial charge in [0.2, 0.25) is 0 Å². The van der Waals surface area contributed by atoms with E-state index in [2.05, 4.69) is 42.7 Å². The number of hydrogen-bond acceptors (Lipinski definition) is 6. The van der Waals surface area contributed by atoms with Crippen LogP contribution in [-0.2, 0) is 28.2 Å². The van der Waals surface area contributed by atoms with Gasteiger partial charge in [0.05, 0.1) is 6.61 Å². The molecule has 288 valence electrons. The van der Waals surface area contributed by atoms with E-state index >= 15 is 0 Å². The lowest BCUT2D eigenvalue weighted by Crippen LogP contribution is -2.29.